The van der Waals surface area contributed by atoms with E-state index in [0.717, 1.165) is 28.5 Å². The summed E-state index contributed by atoms with van der Waals surface area (Å²) < 4.78 is 53.3. The van der Waals surface area contributed by atoms with E-state index in [1.807, 2.05) is 36.4 Å². The summed E-state index contributed by atoms with van der Waals surface area (Å²) in [7, 11) is -4.07. The third-order valence-corrected chi connectivity index (χ3v) is 4.95. The molecule has 0 aliphatic carbocycles. The van der Waals surface area contributed by atoms with Crippen LogP contribution in [0.3, 0.4) is 0 Å². The molecule has 0 aromatic heterocycles. The average Bonchev–Trinajstić information content (AvgIpc) is 2.52. The van der Waals surface area contributed by atoms with Gasteiger partial charge in [-0.15, -0.1) is 0 Å². The second kappa shape index (κ2) is 6.06. The van der Waals surface area contributed by atoms with Crippen molar-refractivity contribution in [3.63, 3.8) is 0 Å². The van der Waals surface area contributed by atoms with Gasteiger partial charge in [-0.05, 0) is 28.5 Å². The fourth-order valence-electron chi connectivity index (χ4n) is 2.39. The highest BCUT2D eigenvalue weighted by atomic mass is 32.2. The molecule has 0 spiro atoms. The van der Waals surface area contributed by atoms with E-state index in [2.05, 4.69) is 4.72 Å². The first kappa shape index (κ1) is 15.6. The monoisotopic (exact) mass is 333 g/mol. The van der Waals surface area contributed by atoms with Crippen molar-refractivity contribution < 1.29 is 17.2 Å². The molecule has 3 aromatic rings. The normalized spacial score (nSPS) is 11.7. The van der Waals surface area contributed by atoms with Gasteiger partial charge in [0.25, 0.3) is 0 Å². The maximum Gasteiger partial charge on any atom is 0.243 e. The molecule has 0 saturated carbocycles. The SMILES string of the molecule is O=S(=O)(NCc1cccc2ccccc12)c1ccc(F)cc1F. The molecule has 0 radical (unpaired) electrons. The lowest BCUT2D eigenvalue weighted by Gasteiger charge is -2.10. The minimum absolute atomic E-state index is 0.0144. The van der Waals surface area contributed by atoms with E-state index in [1.165, 1.54) is 0 Å². The Morgan fingerprint density at radius 3 is 2.43 bits per heavy atom. The zero-order valence-electron chi connectivity index (χ0n) is 12.0. The van der Waals surface area contributed by atoms with E-state index in [9.17, 15) is 17.2 Å². The average molecular weight is 333 g/mol. The Labute approximate surface area is 132 Å². The number of hydrogen-bond acceptors (Lipinski definition) is 2. The number of nitrogens with one attached hydrogen (secondary N) is 1. The molecule has 0 saturated heterocycles. The zero-order valence-corrected chi connectivity index (χ0v) is 12.8. The summed E-state index contributed by atoms with van der Waals surface area (Å²) in [6, 6.07) is 15.5. The summed E-state index contributed by atoms with van der Waals surface area (Å²) >= 11 is 0. The van der Waals surface area contributed by atoms with E-state index in [0.29, 0.717) is 6.07 Å². The van der Waals surface area contributed by atoms with Gasteiger partial charge < -0.3 is 0 Å². The Balaban J connectivity index is 1.89. The highest BCUT2D eigenvalue weighted by Gasteiger charge is 2.19. The van der Waals surface area contributed by atoms with Crippen LogP contribution in [0, 0.1) is 11.6 Å². The van der Waals surface area contributed by atoms with Crippen LogP contribution in [0.4, 0.5) is 8.78 Å². The van der Waals surface area contributed by atoms with Gasteiger partial charge in [0.15, 0.2) is 0 Å². The van der Waals surface area contributed by atoms with E-state index < -0.39 is 26.6 Å². The van der Waals surface area contributed by atoms with Crippen molar-refractivity contribution in [1.82, 2.24) is 4.72 Å². The molecule has 6 heteroatoms. The molecular weight excluding hydrogens is 320 g/mol. The maximum atomic E-state index is 13.7. The minimum Gasteiger partial charge on any atom is -0.207 e. The number of hydrogen-bond donors (Lipinski definition) is 1. The molecule has 0 amide bonds. The molecule has 0 unspecified atom stereocenters. The van der Waals surface area contributed by atoms with Gasteiger partial charge in [-0.25, -0.2) is 21.9 Å². The lowest BCUT2D eigenvalue weighted by molar-refractivity contribution is 0.543. The van der Waals surface area contributed by atoms with Crippen LogP contribution in [0.15, 0.2) is 65.6 Å². The van der Waals surface area contributed by atoms with Crippen LogP contribution in [0.2, 0.25) is 0 Å². The van der Waals surface area contributed by atoms with Crippen molar-refractivity contribution in [3.8, 4) is 0 Å². The maximum absolute atomic E-state index is 13.7. The second-order valence-electron chi connectivity index (χ2n) is 5.04. The topological polar surface area (TPSA) is 46.2 Å². The van der Waals surface area contributed by atoms with Crippen LogP contribution < -0.4 is 4.72 Å². The van der Waals surface area contributed by atoms with Crippen LogP contribution in [-0.4, -0.2) is 8.42 Å². The minimum atomic E-state index is -4.07. The fourth-order valence-corrected chi connectivity index (χ4v) is 3.45. The van der Waals surface area contributed by atoms with Gasteiger partial charge in [0, 0.05) is 12.6 Å². The molecule has 0 heterocycles. The van der Waals surface area contributed by atoms with Gasteiger partial charge in [0.05, 0.1) is 0 Å². The molecule has 118 valence electrons. The molecule has 0 bridgehead atoms. The Morgan fingerprint density at radius 2 is 1.65 bits per heavy atom. The van der Waals surface area contributed by atoms with Gasteiger partial charge >= 0.3 is 0 Å². The number of halogens is 2. The Kier molecular flexibility index (Phi) is 4.11. The quantitative estimate of drug-likeness (QED) is 0.793. The summed E-state index contributed by atoms with van der Waals surface area (Å²) in [6.07, 6.45) is 0. The molecular formula is C17H13F2NO2S. The first-order valence-electron chi connectivity index (χ1n) is 6.89. The number of benzene rings is 3. The van der Waals surface area contributed by atoms with Crippen molar-refractivity contribution in [3.05, 3.63) is 77.9 Å². The third-order valence-electron chi connectivity index (χ3n) is 3.52. The van der Waals surface area contributed by atoms with E-state index in [-0.39, 0.29) is 6.54 Å². The first-order valence-corrected chi connectivity index (χ1v) is 8.37. The summed E-state index contributed by atoms with van der Waals surface area (Å²) in [5.74, 6) is -1.94. The van der Waals surface area contributed by atoms with Crippen LogP contribution in [0.25, 0.3) is 10.8 Å². The van der Waals surface area contributed by atoms with Crippen LogP contribution in [0.1, 0.15) is 5.56 Å². The van der Waals surface area contributed by atoms with Crippen molar-refractivity contribution >= 4 is 20.8 Å². The van der Waals surface area contributed by atoms with Gasteiger partial charge in [-0.3, -0.25) is 0 Å². The summed E-state index contributed by atoms with van der Waals surface area (Å²) in [4.78, 5) is -0.570. The van der Waals surface area contributed by atoms with E-state index in [4.69, 9.17) is 0 Å². The molecule has 3 aromatic carbocycles. The zero-order chi connectivity index (χ0) is 16.4. The smallest absolute Gasteiger partial charge is 0.207 e. The highest BCUT2D eigenvalue weighted by molar-refractivity contribution is 7.89. The van der Waals surface area contributed by atoms with Crippen molar-refractivity contribution in [2.24, 2.45) is 0 Å². The Hall–Kier alpha value is -2.31. The number of sulfonamides is 1. The summed E-state index contributed by atoms with van der Waals surface area (Å²) in [5.41, 5.74) is 0.772. The van der Waals surface area contributed by atoms with Crippen molar-refractivity contribution in [2.45, 2.75) is 11.4 Å². The van der Waals surface area contributed by atoms with Crippen molar-refractivity contribution in [2.75, 3.05) is 0 Å². The number of fused-ring (bicyclic) bond motifs is 1. The van der Waals surface area contributed by atoms with Gasteiger partial charge in [-0.2, -0.15) is 0 Å². The molecule has 0 fully saturated rings. The summed E-state index contributed by atoms with van der Waals surface area (Å²) in [5, 5.41) is 1.90. The molecule has 23 heavy (non-hydrogen) atoms. The lowest BCUT2D eigenvalue weighted by Crippen LogP contribution is -2.24. The molecule has 0 atom stereocenters. The van der Waals surface area contributed by atoms with E-state index in [1.54, 1.807) is 6.07 Å². The summed E-state index contributed by atoms with van der Waals surface area (Å²) in [6.45, 7) is 0.0144. The van der Waals surface area contributed by atoms with Crippen LogP contribution in [-0.2, 0) is 16.6 Å². The van der Waals surface area contributed by atoms with Crippen molar-refractivity contribution in [1.29, 1.82) is 0 Å². The molecule has 0 aliphatic rings. The lowest BCUT2D eigenvalue weighted by atomic mass is 10.1. The predicted octanol–water partition coefficient (Wildman–Crippen LogP) is 3.60. The molecule has 0 aliphatic heterocycles. The standard InChI is InChI=1S/C17H13F2NO2S/c18-14-8-9-17(16(19)10-14)23(21,22)20-11-13-6-3-5-12-4-1-2-7-15(12)13/h1-10,20H,11H2. The Bertz CT molecular complexity index is 966. The second-order valence-corrected chi connectivity index (χ2v) is 6.77. The largest absolute Gasteiger partial charge is 0.243 e. The highest BCUT2D eigenvalue weighted by Crippen LogP contribution is 2.20. The predicted molar refractivity (Wildman–Crippen MR) is 84.3 cm³/mol. The van der Waals surface area contributed by atoms with Gasteiger partial charge in [0.1, 0.15) is 16.5 Å². The first-order chi connectivity index (χ1) is 11.0. The third kappa shape index (κ3) is 3.23. The molecule has 1 N–H and O–H groups in total. The Morgan fingerprint density at radius 1 is 0.913 bits per heavy atom. The fraction of sp³-hybridized carbons (Fsp3) is 0.0588. The van der Waals surface area contributed by atoms with Crippen LogP contribution in [0.5, 0.6) is 0 Å². The van der Waals surface area contributed by atoms with Gasteiger partial charge in [0.2, 0.25) is 10.0 Å². The molecule has 3 nitrogen and oxygen atoms in total. The van der Waals surface area contributed by atoms with E-state index >= 15 is 0 Å². The van der Waals surface area contributed by atoms with Gasteiger partial charge in [-0.1, -0.05) is 42.5 Å². The van der Waals surface area contributed by atoms with Crippen LogP contribution >= 0.6 is 0 Å². The number of rotatable bonds is 4. The molecule has 3 rings (SSSR count).